The van der Waals surface area contributed by atoms with Gasteiger partial charge in [-0.15, -0.1) is 0 Å². The van der Waals surface area contributed by atoms with Gasteiger partial charge in [-0.3, -0.25) is 0 Å². The number of benzene rings is 1. The molecule has 5 heteroatoms. The van der Waals surface area contributed by atoms with Gasteiger partial charge in [-0.25, -0.2) is 4.39 Å². The van der Waals surface area contributed by atoms with Crippen LogP contribution in [0, 0.1) is 5.82 Å². The highest BCUT2D eigenvalue weighted by molar-refractivity contribution is 5.50. The molecule has 0 heterocycles. The van der Waals surface area contributed by atoms with Crippen LogP contribution in [0.25, 0.3) is 10.4 Å². The Morgan fingerprint density at radius 1 is 1.55 bits per heavy atom. The fraction of sp³-hybridized carbons (Fsp3) is 0. The predicted molar refractivity (Wildman–Crippen MR) is 36.9 cm³/mol. The molecule has 0 bridgehead atoms. The molecule has 0 unspecified atom stereocenters. The zero-order chi connectivity index (χ0) is 8.27. The fourth-order valence-corrected chi connectivity index (χ4v) is 0.625. The summed E-state index contributed by atoms with van der Waals surface area (Å²) in [6.45, 7) is 0. The number of phenolic OH excluding ortho intramolecular Hbond substituents is 1. The van der Waals surface area contributed by atoms with Crippen molar-refractivity contribution in [2.45, 2.75) is 0 Å². The number of phenols is 1. The van der Waals surface area contributed by atoms with Gasteiger partial charge in [-0.1, -0.05) is 5.11 Å². The zero-order valence-corrected chi connectivity index (χ0v) is 5.40. The van der Waals surface area contributed by atoms with E-state index in [1.807, 2.05) is 0 Å². The summed E-state index contributed by atoms with van der Waals surface area (Å²) >= 11 is 0. The molecule has 56 valence electrons. The zero-order valence-electron chi connectivity index (χ0n) is 5.40. The van der Waals surface area contributed by atoms with Crippen LogP contribution in [0.15, 0.2) is 23.3 Å². The summed E-state index contributed by atoms with van der Waals surface area (Å²) in [7, 11) is 0. The summed E-state index contributed by atoms with van der Waals surface area (Å²) in [5.74, 6) is -0.783. The highest BCUT2D eigenvalue weighted by Crippen LogP contribution is 2.26. The first-order chi connectivity index (χ1) is 5.24. The van der Waals surface area contributed by atoms with E-state index in [9.17, 15) is 4.39 Å². The van der Waals surface area contributed by atoms with Gasteiger partial charge >= 0.3 is 0 Å². The van der Waals surface area contributed by atoms with Crippen LogP contribution < -0.4 is 0 Å². The van der Waals surface area contributed by atoms with E-state index < -0.39 is 5.82 Å². The maximum atomic E-state index is 12.4. The lowest BCUT2D eigenvalue weighted by atomic mass is 10.3. The second-order valence-corrected chi connectivity index (χ2v) is 1.82. The molecule has 0 amide bonds. The SMILES string of the molecule is [N-]=[N+]=Nc1cc(F)ccc1O. The third-order valence-electron chi connectivity index (χ3n) is 1.09. The molecule has 0 fully saturated rings. The largest absolute Gasteiger partial charge is 0.507 e. The number of azide groups is 1. The van der Waals surface area contributed by atoms with Crippen molar-refractivity contribution in [3.8, 4) is 5.75 Å². The van der Waals surface area contributed by atoms with E-state index in [0.717, 1.165) is 18.2 Å². The Bertz CT molecular complexity index is 320. The van der Waals surface area contributed by atoms with Crippen molar-refractivity contribution in [1.82, 2.24) is 0 Å². The van der Waals surface area contributed by atoms with Crippen molar-refractivity contribution in [2.75, 3.05) is 0 Å². The molecule has 1 rings (SSSR count). The van der Waals surface area contributed by atoms with E-state index >= 15 is 0 Å². The maximum absolute atomic E-state index is 12.4. The lowest BCUT2D eigenvalue weighted by Gasteiger charge is -1.94. The number of aromatic hydroxyl groups is 1. The minimum atomic E-state index is -0.551. The molecule has 0 atom stereocenters. The summed E-state index contributed by atoms with van der Waals surface area (Å²) in [6, 6.07) is 3.15. The molecule has 0 saturated heterocycles. The molecule has 0 aliphatic heterocycles. The lowest BCUT2D eigenvalue weighted by molar-refractivity contribution is 0.474. The van der Waals surface area contributed by atoms with Crippen molar-refractivity contribution in [3.05, 3.63) is 34.5 Å². The van der Waals surface area contributed by atoms with Crippen molar-refractivity contribution < 1.29 is 9.50 Å². The quantitative estimate of drug-likeness (QED) is 0.375. The molecule has 4 nitrogen and oxygen atoms in total. The van der Waals surface area contributed by atoms with E-state index in [2.05, 4.69) is 10.0 Å². The first-order valence-electron chi connectivity index (χ1n) is 2.77. The van der Waals surface area contributed by atoms with Crippen molar-refractivity contribution in [1.29, 1.82) is 0 Å². The molecule has 0 radical (unpaired) electrons. The van der Waals surface area contributed by atoms with Gasteiger partial charge in [0, 0.05) is 4.91 Å². The monoisotopic (exact) mass is 153 g/mol. The average Bonchev–Trinajstić information content (AvgIpc) is 1.98. The maximum Gasteiger partial charge on any atom is 0.125 e. The first-order valence-corrected chi connectivity index (χ1v) is 2.77. The Kier molecular flexibility index (Phi) is 1.94. The van der Waals surface area contributed by atoms with Crippen LogP contribution in [0.1, 0.15) is 0 Å². The molecule has 1 aromatic carbocycles. The smallest absolute Gasteiger partial charge is 0.125 e. The van der Waals surface area contributed by atoms with E-state index in [4.69, 9.17) is 10.6 Å². The summed E-state index contributed by atoms with van der Waals surface area (Å²) < 4.78 is 12.4. The van der Waals surface area contributed by atoms with Crippen LogP contribution >= 0.6 is 0 Å². The molecule has 1 N–H and O–H groups in total. The van der Waals surface area contributed by atoms with Crippen molar-refractivity contribution in [2.24, 2.45) is 5.11 Å². The van der Waals surface area contributed by atoms with Crippen LogP contribution in [0.5, 0.6) is 5.75 Å². The van der Waals surface area contributed by atoms with Gasteiger partial charge in [0.2, 0.25) is 0 Å². The Labute approximate surface area is 61.5 Å². The summed E-state index contributed by atoms with van der Waals surface area (Å²) in [5.41, 5.74) is 7.86. The Hall–Kier alpha value is -1.74. The third-order valence-corrected chi connectivity index (χ3v) is 1.09. The minimum Gasteiger partial charge on any atom is -0.507 e. The van der Waals surface area contributed by atoms with E-state index in [0.29, 0.717) is 0 Å². The molecule has 0 spiro atoms. The van der Waals surface area contributed by atoms with E-state index in [1.165, 1.54) is 0 Å². The van der Waals surface area contributed by atoms with Gasteiger partial charge in [-0.05, 0) is 23.7 Å². The van der Waals surface area contributed by atoms with Crippen molar-refractivity contribution >= 4 is 5.69 Å². The highest BCUT2D eigenvalue weighted by Gasteiger charge is 1.98. The Balaban J connectivity index is 3.22. The number of halogens is 1. The number of rotatable bonds is 1. The van der Waals surface area contributed by atoms with E-state index in [1.54, 1.807) is 0 Å². The summed E-state index contributed by atoms with van der Waals surface area (Å²) in [5, 5.41) is 12.0. The molecule has 0 saturated carbocycles. The van der Waals surface area contributed by atoms with Gasteiger partial charge in [0.25, 0.3) is 0 Å². The second kappa shape index (κ2) is 2.90. The van der Waals surface area contributed by atoms with Crippen LogP contribution in [-0.4, -0.2) is 5.11 Å². The molecular weight excluding hydrogens is 149 g/mol. The van der Waals surface area contributed by atoms with Crippen LogP contribution in [0.2, 0.25) is 0 Å². The van der Waals surface area contributed by atoms with Crippen LogP contribution in [0.3, 0.4) is 0 Å². The molecule has 0 aromatic heterocycles. The normalized spacial score (nSPS) is 8.82. The number of hydrogen-bond donors (Lipinski definition) is 1. The van der Waals surface area contributed by atoms with Gasteiger partial charge in [0.15, 0.2) is 0 Å². The molecule has 0 aliphatic rings. The second-order valence-electron chi connectivity index (χ2n) is 1.82. The standard InChI is InChI=1S/C6H4FN3O/c7-4-1-2-6(11)5(3-4)9-10-8/h1-3,11H. The fourth-order valence-electron chi connectivity index (χ4n) is 0.625. The van der Waals surface area contributed by atoms with Gasteiger partial charge < -0.3 is 5.11 Å². The minimum absolute atomic E-state index is 0.104. The van der Waals surface area contributed by atoms with E-state index in [-0.39, 0.29) is 11.4 Å². The Morgan fingerprint density at radius 3 is 2.91 bits per heavy atom. The predicted octanol–water partition coefficient (Wildman–Crippen LogP) is 2.47. The molecule has 1 aromatic rings. The topological polar surface area (TPSA) is 69.0 Å². The highest BCUT2D eigenvalue weighted by atomic mass is 19.1. The van der Waals surface area contributed by atoms with Crippen LogP contribution in [-0.2, 0) is 0 Å². The summed E-state index contributed by atoms with van der Waals surface area (Å²) in [4.78, 5) is 2.41. The third kappa shape index (κ3) is 1.59. The van der Waals surface area contributed by atoms with Gasteiger partial charge in [-0.2, -0.15) is 0 Å². The van der Waals surface area contributed by atoms with Gasteiger partial charge in [0.1, 0.15) is 11.6 Å². The Morgan fingerprint density at radius 2 is 2.27 bits per heavy atom. The number of nitrogens with zero attached hydrogens (tertiary/aromatic N) is 3. The molecule has 11 heavy (non-hydrogen) atoms. The van der Waals surface area contributed by atoms with Crippen LogP contribution in [0.4, 0.5) is 10.1 Å². The molecular formula is C6H4FN3O. The van der Waals surface area contributed by atoms with Gasteiger partial charge in [0.05, 0.1) is 5.69 Å². The first kappa shape index (κ1) is 7.37. The van der Waals surface area contributed by atoms with Crippen molar-refractivity contribution in [3.63, 3.8) is 0 Å². The average molecular weight is 153 g/mol. The summed E-state index contributed by atoms with van der Waals surface area (Å²) in [6.07, 6.45) is 0. The number of hydrogen-bond acceptors (Lipinski definition) is 2. The molecule has 0 aliphatic carbocycles. The lowest BCUT2D eigenvalue weighted by Crippen LogP contribution is -1.71.